The summed E-state index contributed by atoms with van der Waals surface area (Å²) in [7, 11) is 1.59. The van der Waals surface area contributed by atoms with Crippen LogP contribution in [-0.4, -0.2) is 48.1 Å². The van der Waals surface area contributed by atoms with Crippen LogP contribution in [0.5, 0.6) is 0 Å². The van der Waals surface area contributed by atoms with Gasteiger partial charge in [-0.3, -0.25) is 9.59 Å². The highest BCUT2D eigenvalue weighted by atomic mass is 16.2. The third kappa shape index (κ3) is 4.33. The molecule has 110 valence electrons. The van der Waals surface area contributed by atoms with Gasteiger partial charge < -0.3 is 15.3 Å². The van der Waals surface area contributed by atoms with Gasteiger partial charge in [0.15, 0.2) is 0 Å². The topological polar surface area (TPSA) is 69.6 Å². The van der Waals surface area contributed by atoms with Gasteiger partial charge in [0.1, 0.15) is 6.61 Å². The Balaban J connectivity index is 2.05. The second-order valence-electron chi connectivity index (χ2n) is 5.01. The van der Waals surface area contributed by atoms with Crippen molar-refractivity contribution in [2.24, 2.45) is 0 Å². The average Bonchev–Trinajstić information content (AvgIpc) is 3.28. The molecule has 2 rings (SSSR count). The van der Waals surface area contributed by atoms with Crippen molar-refractivity contribution in [3.8, 4) is 11.8 Å². The highest BCUT2D eigenvalue weighted by molar-refractivity contribution is 5.98. The van der Waals surface area contributed by atoms with E-state index in [0.717, 1.165) is 12.8 Å². The molecule has 2 amide bonds. The van der Waals surface area contributed by atoms with Gasteiger partial charge >= 0.3 is 0 Å². The molecule has 0 heterocycles. The summed E-state index contributed by atoms with van der Waals surface area (Å²) in [5, 5.41) is 11.6. The van der Waals surface area contributed by atoms with Crippen LogP contribution in [-0.2, 0) is 4.79 Å². The van der Waals surface area contributed by atoms with Crippen molar-refractivity contribution in [3.05, 3.63) is 35.4 Å². The zero-order valence-corrected chi connectivity index (χ0v) is 11.9. The first-order chi connectivity index (χ1) is 10.1. The lowest BCUT2D eigenvalue weighted by atomic mass is 10.1. The summed E-state index contributed by atoms with van der Waals surface area (Å²) in [6.07, 6.45) is 2.03. The first-order valence-electron chi connectivity index (χ1n) is 6.85. The standard InChI is InChI=1S/C16H18N2O3/c1-18(11-15(20)17-13-8-9-13)16(21)14-7-3-2-5-12(14)6-4-10-19/h2-3,5,7,13,19H,8-11H2,1H3,(H,17,20). The van der Waals surface area contributed by atoms with Gasteiger partial charge in [-0.1, -0.05) is 24.0 Å². The fraction of sp³-hybridized carbons (Fsp3) is 0.375. The number of benzene rings is 1. The molecule has 0 atom stereocenters. The zero-order valence-electron chi connectivity index (χ0n) is 11.9. The molecule has 1 aromatic carbocycles. The summed E-state index contributed by atoms with van der Waals surface area (Å²) in [5.74, 6) is 4.87. The monoisotopic (exact) mass is 286 g/mol. The number of carbonyl (C=O) groups excluding carboxylic acids is 2. The van der Waals surface area contributed by atoms with Crippen LogP contribution in [0.1, 0.15) is 28.8 Å². The Kier molecular flexibility index (Phi) is 4.96. The first-order valence-corrected chi connectivity index (χ1v) is 6.85. The molecule has 0 unspecified atom stereocenters. The highest BCUT2D eigenvalue weighted by Crippen LogP contribution is 2.18. The average molecular weight is 286 g/mol. The number of amides is 2. The Morgan fingerprint density at radius 3 is 2.76 bits per heavy atom. The van der Waals surface area contributed by atoms with Crippen LogP contribution in [0.25, 0.3) is 0 Å². The zero-order chi connectivity index (χ0) is 15.2. The van der Waals surface area contributed by atoms with Crippen LogP contribution in [0.3, 0.4) is 0 Å². The molecule has 2 N–H and O–H groups in total. The minimum Gasteiger partial charge on any atom is -0.384 e. The Morgan fingerprint density at radius 1 is 1.38 bits per heavy atom. The molecule has 1 aromatic rings. The third-order valence-corrected chi connectivity index (χ3v) is 3.13. The maximum absolute atomic E-state index is 12.4. The lowest BCUT2D eigenvalue weighted by Gasteiger charge is -2.17. The minimum atomic E-state index is -0.262. The maximum atomic E-state index is 12.4. The van der Waals surface area contributed by atoms with Crippen molar-refractivity contribution in [1.29, 1.82) is 0 Å². The number of rotatable bonds is 4. The molecule has 1 aliphatic rings. The number of carbonyl (C=O) groups is 2. The summed E-state index contributed by atoms with van der Waals surface area (Å²) in [6, 6.07) is 7.18. The summed E-state index contributed by atoms with van der Waals surface area (Å²) >= 11 is 0. The van der Waals surface area contributed by atoms with E-state index in [1.807, 2.05) is 0 Å². The summed E-state index contributed by atoms with van der Waals surface area (Å²) < 4.78 is 0. The van der Waals surface area contributed by atoms with Crippen LogP contribution in [0.2, 0.25) is 0 Å². The smallest absolute Gasteiger partial charge is 0.255 e. The highest BCUT2D eigenvalue weighted by Gasteiger charge is 2.24. The largest absolute Gasteiger partial charge is 0.384 e. The van der Waals surface area contributed by atoms with Gasteiger partial charge in [-0.05, 0) is 25.0 Å². The Hall–Kier alpha value is -2.32. The number of aliphatic hydroxyl groups excluding tert-OH is 1. The van der Waals surface area contributed by atoms with Gasteiger partial charge in [0.05, 0.1) is 12.1 Å². The van der Waals surface area contributed by atoms with Crippen LogP contribution in [0.4, 0.5) is 0 Å². The van der Waals surface area contributed by atoms with E-state index >= 15 is 0 Å². The number of nitrogens with zero attached hydrogens (tertiary/aromatic N) is 1. The van der Waals surface area contributed by atoms with Crippen LogP contribution >= 0.6 is 0 Å². The molecule has 0 bridgehead atoms. The molecule has 1 aliphatic carbocycles. The Bertz CT molecular complexity index is 597. The van der Waals surface area contributed by atoms with Crippen molar-refractivity contribution in [1.82, 2.24) is 10.2 Å². The summed E-state index contributed by atoms with van der Waals surface area (Å²) in [5.41, 5.74) is 0.978. The summed E-state index contributed by atoms with van der Waals surface area (Å²) in [6.45, 7) is -0.237. The Morgan fingerprint density at radius 2 is 2.10 bits per heavy atom. The van der Waals surface area contributed by atoms with E-state index in [4.69, 9.17) is 5.11 Å². The second-order valence-corrected chi connectivity index (χ2v) is 5.01. The van der Waals surface area contributed by atoms with Gasteiger partial charge in [0, 0.05) is 18.7 Å². The maximum Gasteiger partial charge on any atom is 0.255 e. The number of nitrogens with one attached hydrogen (secondary N) is 1. The molecule has 21 heavy (non-hydrogen) atoms. The van der Waals surface area contributed by atoms with E-state index in [2.05, 4.69) is 17.2 Å². The normalized spacial score (nSPS) is 13.0. The van der Waals surface area contributed by atoms with Crippen LogP contribution in [0, 0.1) is 11.8 Å². The van der Waals surface area contributed by atoms with Gasteiger partial charge in [-0.25, -0.2) is 0 Å². The quantitative estimate of drug-likeness (QED) is 0.786. The van der Waals surface area contributed by atoms with E-state index in [1.54, 1.807) is 31.3 Å². The lowest BCUT2D eigenvalue weighted by Crippen LogP contribution is -2.39. The van der Waals surface area contributed by atoms with Crippen molar-refractivity contribution in [3.63, 3.8) is 0 Å². The van der Waals surface area contributed by atoms with Crippen LogP contribution in [0.15, 0.2) is 24.3 Å². The van der Waals surface area contributed by atoms with Gasteiger partial charge in [-0.15, -0.1) is 0 Å². The second kappa shape index (κ2) is 6.91. The summed E-state index contributed by atoms with van der Waals surface area (Å²) in [4.78, 5) is 25.5. The SMILES string of the molecule is CN(CC(=O)NC1CC1)C(=O)c1ccccc1C#CCO. The molecule has 5 nitrogen and oxygen atoms in total. The van der Waals surface area contributed by atoms with Gasteiger partial charge in [0.25, 0.3) is 5.91 Å². The molecule has 5 heteroatoms. The van der Waals surface area contributed by atoms with Gasteiger partial charge in [-0.2, -0.15) is 0 Å². The van der Waals surface area contributed by atoms with Crippen molar-refractivity contribution >= 4 is 11.8 Å². The fourth-order valence-electron chi connectivity index (χ4n) is 1.91. The number of likely N-dealkylation sites (N-methyl/N-ethyl adjacent to an activating group) is 1. The van der Waals surface area contributed by atoms with E-state index in [0.29, 0.717) is 11.1 Å². The predicted octanol–water partition coefficient (Wildman–Crippen LogP) is 0.381. The van der Waals surface area contributed by atoms with Crippen molar-refractivity contribution < 1.29 is 14.7 Å². The fourth-order valence-corrected chi connectivity index (χ4v) is 1.91. The van der Waals surface area contributed by atoms with Crippen molar-refractivity contribution in [2.45, 2.75) is 18.9 Å². The van der Waals surface area contributed by atoms with Gasteiger partial charge in [0.2, 0.25) is 5.91 Å². The number of hydrogen-bond acceptors (Lipinski definition) is 3. The van der Waals surface area contributed by atoms with E-state index < -0.39 is 0 Å². The van der Waals surface area contributed by atoms with E-state index in [9.17, 15) is 9.59 Å². The molecule has 0 saturated heterocycles. The molecule has 0 aliphatic heterocycles. The van der Waals surface area contributed by atoms with Crippen molar-refractivity contribution in [2.75, 3.05) is 20.2 Å². The molecule has 0 radical (unpaired) electrons. The molecule has 0 spiro atoms. The van der Waals surface area contributed by atoms with E-state index in [1.165, 1.54) is 4.90 Å². The minimum absolute atomic E-state index is 0.0249. The lowest BCUT2D eigenvalue weighted by molar-refractivity contribution is -0.121. The van der Waals surface area contributed by atoms with Crippen LogP contribution < -0.4 is 5.32 Å². The molecule has 1 saturated carbocycles. The first kappa shape index (κ1) is 15.1. The Labute approximate surface area is 124 Å². The number of aliphatic hydroxyl groups is 1. The molecule has 1 fully saturated rings. The number of hydrogen-bond donors (Lipinski definition) is 2. The molecular formula is C16H18N2O3. The van der Waals surface area contributed by atoms with E-state index in [-0.39, 0.29) is 31.0 Å². The predicted molar refractivity (Wildman–Crippen MR) is 78.5 cm³/mol. The third-order valence-electron chi connectivity index (χ3n) is 3.13. The molecule has 0 aromatic heterocycles. The molecular weight excluding hydrogens is 268 g/mol.